The summed E-state index contributed by atoms with van der Waals surface area (Å²) in [5, 5.41) is 27.8. The van der Waals surface area contributed by atoms with E-state index in [2.05, 4.69) is 21.5 Å². The molecular weight excluding hydrogens is 286 g/mol. The Kier molecular flexibility index (Phi) is 3.95. The fourth-order valence-corrected chi connectivity index (χ4v) is 2.13. The van der Waals surface area contributed by atoms with Gasteiger partial charge in [0.2, 0.25) is 0 Å². The number of hydrogen-bond acceptors (Lipinski definition) is 4. The molecule has 0 aliphatic rings. The first-order valence-corrected chi connectivity index (χ1v) is 6.90. The van der Waals surface area contributed by atoms with Gasteiger partial charge in [-0.15, -0.1) is 5.10 Å². The van der Waals surface area contributed by atoms with Crippen molar-refractivity contribution in [2.75, 3.05) is 0 Å². The smallest absolute Gasteiger partial charge is 0.190 e. The van der Waals surface area contributed by atoms with E-state index in [1.165, 1.54) is 0 Å². The van der Waals surface area contributed by atoms with Crippen molar-refractivity contribution < 1.29 is 0 Å². The molecule has 0 amide bonds. The molecule has 0 spiro atoms. The second-order valence-corrected chi connectivity index (χ2v) is 4.84. The Labute approximate surface area is 133 Å². The Hall–Kier alpha value is -3.70. The maximum Gasteiger partial charge on any atom is 0.190 e. The quantitative estimate of drug-likeness (QED) is 0.750. The molecule has 0 radical (unpaired) electrons. The molecule has 3 aromatic rings. The predicted molar refractivity (Wildman–Crippen MR) is 86.6 cm³/mol. The van der Waals surface area contributed by atoms with Crippen LogP contribution in [0, 0.1) is 22.7 Å². The second kappa shape index (κ2) is 6.38. The lowest BCUT2D eigenvalue weighted by molar-refractivity contribution is 0.937. The van der Waals surface area contributed by atoms with Crippen LogP contribution in [0.5, 0.6) is 0 Å². The van der Waals surface area contributed by atoms with Crippen molar-refractivity contribution in [2.24, 2.45) is 0 Å². The van der Waals surface area contributed by atoms with Crippen molar-refractivity contribution in [1.29, 1.82) is 10.5 Å². The summed E-state index contributed by atoms with van der Waals surface area (Å²) in [6.07, 6.45) is 3.97. The molecule has 2 aromatic carbocycles. The van der Waals surface area contributed by atoms with Crippen molar-refractivity contribution >= 4 is 12.2 Å². The minimum atomic E-state index is 0.283. The van der Waals surface area contributed by atoms with Crippen LogP contribution in [0.1, 0.15) is 22.4 Å². The van der Waals surface area contributed by atoms with Crippen LogP contribution in [0.3, 0.4) is 0 Å². The van der Waals surface area contributed by atoms with Gasteiger partial charge in [-0.3, -0.25) is 5.10 Å². The molecule has 1 aromatic heterocycles. The highest BCUT2D eigenvalue weighted by atomic mass is 15.3. The number of H-pyrrole nitrogens is 1. The van der Waals surface area contributed by atoms with Crippen LogP contribution in [-0.2, 0) is 0 Å². The topological polar surface area (TPSA) is 89.2 Å². The molecule has 1 N–H and O–H groups in total. The van der Waals surface area contributed by atoms with E-state index in [9.17, 15) is 0 Å². The largest absolute Gasteiger partial charge is 0.256 e. The lowest BCUT2D eigenvalue weighted by Crippen LogP contribution is -1.83. The minimum absolute atomic E-state index is 0.283. The third-order valence-electron chi connectivity index (χ3n) is 3.36. The zero-order valence-corrected chi connectivity index (χ0v) is 12.1. The van der Waals surface area contributed by atoms with E-state index in [0.717, 1.165) is 16.7 Å². The van der Waals surface area contributed by atoms with Gasteiger partial charge in [0, 0.05) is 5.56 Å². The molecule has 0 bridgehead atoms. The lowest BCUT2D eigenvalue weighted by atomic mass is 10.1. The van der Waals surface area contributed by atoms with Gasteiger partial charge in [-0.05, 0) is 23.3 Å². The van der Waals surface area contributed by atoms with Gasteiger partial charge >= 0.3 is 0 Å². The number of aromatic amines is 1. The Bertz CT molecular complexity index is 919. The highest BCUT2D eigenvalue weighted by molar-refractivity contribution is 5.72. The monoisotopic (exact) mass is 297 g/mol. The van der Waals surface area contributed by atoms with Crippen LogP contribution in [0.4, 0.5) is 0 Å². The summed E-state index contributed by atoms with van der Waals surface area (Å²) in [6.45, 7) is 0. The van der Waals surface area contributed by atoms with Crippen molar-refractivity contribution in [3.05, 3.63) is 70.9 Å². The molecular formula is C18H11N5. The first kappa shape index (κ1) is 14.2. The molecule has 5 heteroatoms. The molecule has 0 saturated heterocycles. The zero-order chi connectivity index (χ0) is 16.1. The summed E-state index contributed by atoms with van der Waals surface area (Å²) in [7, 11) is 0. The molecule has 0 aliphatic carbocycles. The molecule has 5 nitrogen and oxygen atoms in total. The van der Waals surface area contributed by atoms with E-state index >= 15 is 0 Å². The van der Waals surface area contributed by atoms with Gasteiger partial charge in [0.15, 0.2) is 5.69 Å². The molecule has 1 heterocycles. The predicted octanol–water partition coefficient (Wildman–Crippen LogP) is 3.39. The first-order chi connectivity index (χ1) is 11.3. The molecule has 0 unspecified atom stereocenters. The summed E-state index contributed by atoms with van der Waals surface area (Å²) < 4.78 is 0. The molecule has 3 rings (SSSR count). The highest BCUT2D eigenvalue weighted by Crippen LogP contribution is 2.20. The average Bonchev–Trinajstić information content (AvgIpc) is 3.09. The first-order valence-electron chi connectivity index (χ1n) is 6.90. The number of aromatic nitrogens is 3. The number of nitriles is 2. The second-order valence-electron chi connectivity index (χ2n) is 4.84. The summed E-state index contributed by atoms with van der Waals surface area (Å²) in [6, 6.07) is 19.2. The number of nitrogens with one attached hydrogen (secondary N) is 1. The fourth-order valence-electron chi connectivity index (χ4n) is 2.13. The number of rotatable bonds is 3. The Morgan fingerprint density at radius 2 is 1.43 bits per heavy atom. The highest BCUT2D eigenvalue weighted by Gasteiger charge is 2.07. The van der Waals surface area contributed by atoms with E-state index in [1.54, 1.807) is 12.1 Å². The van der Waals surface area contributed by atoms with Gasteiger partial charge < -0.3 is 0 Å². The molecule has 0 fully saturated rings. The van der Waals surface area contributed by atoms with Gasteiger partial charge in [0.1, 0.15) is 11.8 Å². The van der Waals surface area contributed by atoms with E-state index < -0.39 is 0 Å². The van der Waals surface area contributed by atoms with E-state index in [4.69, 9.17) is 10.5 Å². The average molecular weight is 297 g/mol. The maximum atomic E-state index is 8.97. The SMILES string of the molecule is N#Cc1ccc(C=Cc2ccc(-c3[nH]nnc3C#N)cc2)cc1. The fraction of sp³-hybridized carbons (Fsp3) is 0. The van der Waals surface area contributed by atoms with Gasteiger partial charge in [0.05, 0.1) is 11.6 Å². The van der Waals surface area contributed by atoms with Crippen LogP contribution in [0.2, 0.25) is 0 Å². The molecule has 0 atom stereocenters. The summed E-state index contributed by atoms with van der Waals surface area (Å²) >= 11 is 0. The summed E-state index contributed by atoms with van der Waals surface area (Å²) in [5.41, 5.74) is 4.47. The summed E-state index contributed by atoms with van der Waals surface area (Å²) in [4.78, 5) is 0. The van der Waals surface area contributed by atoms with E-state index in [1.807, 2.05) is 54.6 Å². The van der Waals surface area contributed by atoms with Gasteiger partial charge in [0.25, 0.3) is 0 Å². The van der Waals surface area contributed by atoms with Crippen molar-refractivity contribution in [3.63, 3.8) is 0 Å². The molecule has 0 saturated carbocycles. The molecule has 108 valence electrons. The van der Waals surface area contributed by atoms with Crippen molar-refractivity contribution in [2.45, 2.75) is 0 Å². The normalized spacial score (nSPS) is 10.3. The maximum absolute atomic E-state index is 8.97. The Morgan fingerprint density at radius 3 is 2.00 bits per heavy atom. The van der Waals surface area contributed by atoms with Crippen LogP contribution < -0.4 is 0 Å². The zero-order valence-electron chi connectivity index (χ0n) is 12.1. The third kappa shape index (κ3) is 3.15. The van der Waals surface area contributed by atoms with E-state index in [0.29, 0.717) is 11.3 Å². The van der Waals surface area contributed by atoms with Crippen molar-refractivity contribution in [1.82, 2.24) is 15.4 Å². The number of benzene rings is 2. The standard InChI is InChI=1S/C18H11N5/c19-11-15-5-3-13(4-6-15)1-2-14-7-9-16(10-8-14)18-17(12-20)21-23-22-18/h1-10H,(H,21,22,23). The Balaban J connectivity index is 1.78. The van der Waals surface area contributed by atoms with Crippen LogP contribution in [0.25, 0.3) is 23.4 Å². The van der Waals surface area contributed by atoms with Gasteiger partial charge in [-0.1, -0.05) is 53.8 Å². The van der Waals surface area contributed by atoms with Gasteiger partial charge in [-0.25, -0.2) is 0 Å². The third-order valence-corrected chi connectivity index (χ3v) is 3.36. The lowest BCUT2D eigenvalue weighted by Gasteiger charge is -1.99. The van der Waals surface area contributed by atoms with Crippen LogP contribution in [0.15, 0.2) is 48.5 Å². The van der Waals surface area contributed by atoms with E-state index in [-0.39, 0.29) is 5.69 Å². The number of nitrogens with zero attached hydrogens (tertiary/aromatic N) is 4. The number of hydrogen-bond donors (Lipinski definition) is 1. The molecule has 23 heavy (non-hydrogen) atoms. The van der Waals surface area contributed by atoms with Gasteiger partial charge in [-0.2, -0.15) is 10.5 Å². The summed E-state index contributed by atoms with van der Waals surface area (Å²) in [5.74, 6) is 0. The van der Waals surface area contributed by atoms with Crippen LogP contribution >= 0.6 is 0 Å². The Morgan fingerprint density at radius 1 is 0.826 bits per heavy atom. The van der Waals surface area contributed by atoms with Crippen LogP contribution in [-0.4, -0.2) is 15.4 Å². The minimum Gasteiger partial charge on any atom is -0.256 e. The molecule has 0 aliphatic heterocycles. The van der Waals surface area contributed by atoms with Crippen molar-refractivity contribution in [3.8, 4) is 23.4 Å².